The third-order valence-electron chi connectivity index (χ3n) is 8.15. The molecule has 0 bridgehead atoms. The molecule has 2 aliphatic rings. The van der Waals surface area contributed by atoms with Crippen molar-refractivity contribution in [3.05, 3.63) is 89.8 Å². The number of benzene rings is 2. The van der Waals surface area contributed by atoms with Gasteiger partial charge in [0.25, 0.3) is 0 Å². The summed E-state index contributed by atoms with van der Waals surface area (Å²) in [6.07, 6.45) is 8.37. The van der Waals surface area contributed by atoms with Gasteiger partial charge in [0, 0.05) is 36.8 Å². The van der Waals surface area contributed by atoms with E-state index in [0.717, 1.165) is 63.0 Å². The second-order valence-electron chi connectivity index (χ2n) is 11.4. The van der Waals surface area contributed by atoms with Crippen LogP contribution in [0.4, 0.5) is 17.1 Å². The zero-order chi connectivity index (χ0) is 31.0. The average molecular weight is 604 g/mol. The van der Waals surface area contributed by atoms with Crippen molar-refractivity contribution in [3.8, 4) is 17.7 Å². The van der Waals surface area contributed by atoms with Crippen LogP contribution in [0.5, 0.6) is 11.6 Å². The standard InChI is InChI=1S/C35H37N7O3/c1-42-17-13-28(14-18-42)45-30-9-8-29-33(40-27-7-10-32(38-22-27)44-23-25-5-3-2-4-6-25)26(20-36)21-39-34(29)35(30)41-31(43)19-24-11-15-37-16-12-24/h2-10,19,21-22,28,37H,11-18,23H2,1H3,(H,39,40)(H,41,43). The molecule has 4 heterocycles. The van der Waals surface area contributed by atoms with Crippen molar-refractivity contribution >= 4 is 33.9 Å². The van der Waals surface area contributed by atoms with Crippen molar-refractivity contribution < 1.29 is 14.3 Å². The number of amides is 1. The Morgan fingerprint density at radius 3 is 2.58 bits per heavy atom. The van der Waals surface area contributed by atoms with E-state index in [2.05, 4.69) is 43.9 Å². The fourth-order valence-corrected chi connectivity index (χ4v) is 5.62. The van der Waals surface area contributed by atoms with Crippen LogP contribution in [0.25, 0.3) is 10.9 Å². The van der Waals surface area contributed by atoms with Crippen LogP contribution in [0.3, 0.4) is 0 Å². The first kappa shape index (κ1) is 30.1. The molecule has 230 valence electrons. The molecule has 2 aromatic carbocycles. The Balaban J connectivity index is 1.30. The largest absolute Gasteiger partial charge is 0.488 e. The van der Waals surface area contributed by atoms with Crippen LogP contribution in [0.1, 0.15) is 36.8 Å². The maximum absolute atomic E-state index is 13.3. The van der Waals surface area contributed by atoms with Gasteiger partial charge in [0.1, 0.15) is 30.2 Å². The minimum absolute atomic E-state index is 0.0294. The van der Waals surface area contributed by atoms with Gasteiger partial charge < -0.3 is 30.3 Å². The van der Waals surface area contributed by atoms with E-state index in [1.807, 2.05) is 48.5 Å². The molecule has 0 unspecified atom stereocenters. The number of nitrogens with zero attached hydrogens (tertiary/aromatic N) is 4. The lowest BCUT2D eigenvalue weighted by Crippen LogP contribution is -2.35. The summed E-state index contributed by atoms with van der Waals surface area (Å²) in [5.41, 5.74) is 4.81. The number of likely N-dealkylation sites (tertiary alicyclic amines) is 1. The quantitative estimate of drug-likeness (QED) is 0.211. The number of nitrogens with one attached hydrogen (secondary N) is 3. The van der Waals surface area contributed by atoms with Gasteiger partial charge in [-0.1, -0.05) is 35.9 Å². The predicted octanol–water partition coefficient (Wildman–Crippen LogP) is 5.55. The number of hydrogen-bond donors (Lipinski definition) is 3. The number of aromatic nitrogens is 2. The van der Waals surface area contributed by atoms with Crippen molar-refractivity contribution in [3.63, 3.8) is 0 Å². The lowest BCUT2D eigenvalue weighted by atomic mass is 10.0. The maximum atomic E-state index is 13.3. The number of piperidine rings is 2. The van der Waals surface area contributed by atoms with Crippen LogP contribution < -0.4 is 25.4 Å². The SMILES string of the molecule is CN1CCC(Oc2ccc3c(Nc4ccc(OCc5ccccc5)nc4)c(C#N)cnc3c2NC(=O)C=C2CCNCC2)CC1. The Labute approximate surface area is 263 Å². The molecule has 0 saturated carbocycles. The summed E-state index contributed by atoms with van der Waals surface area (Å²) in [6, 6.07) is 19.5. The molecule has 2 fully saturated rings. The summed E-state index contributed by atoms with van der Waals surface area (Å²) in [6.45, 7) is 4.03. The molecule has 6 rings (SSSR count). The molecule has 2 aliphatic heterocycles. The van der Waals surface area contributed by atoms with Gasteiger partial charge in [-0.15, -0.1) is 0 Å². The summed E-state index contributed by atoms with van der Waals surface area (Å²) >= 11 is 0. The molecular formula is C35H37N7O3. The predicted molar refractivity (Wildman–Crippen MR) is 175 cm³/mol. The van der Waals surface area contributed by atoms with E-state index in [1.165, 1.54) is 6.20 Å². The highest BCUT2D eigenvalue weighted by Gasteiger charge is 2.23. The molecule has 0 atom stereocenters. The minimum Gasteiger partial charge on any atom is -0.488 e. The smallest absolute Gasteiger partial charge is 0.248 e. The van der Waals surface area contributed by atoms with Crippen LogP contribution in [-0.2, 0) is 11.4 Å². The number of rotatable bonds is 9. The van der Waals surface area contributed by atoms with Crippen molar-refractivity contribution in [1.29, 1.82) is 5.26 Å². The average Bonchev–Trinajstić information content (AvgIpc) is 3.07. The molecule has 4 aromatic rings. The van der Waals surface area contributed by atoms with E-state index < -0.39 is 0 Å². The summed E-state index contributed by atoms with van der Waals surface area (Å²) in [4.78, 5) is 24.7. The Kier molecular flexibility index (Phi) is 9.49. The summed E-state index contributed by atoms with van der Waals surface area (Å²) < 4.78 is 12.3. The van der Waals surface area contributed by atoms with Gasteiger partial charge in [-0.05, 0) is 69.6 Å². The van der Waals surface area contributed by atoms with Crippen molar-refractivity contribution in [2.24, 2.45) is 0 Å². The molecule has 2 saturated heterocycles. The van der Waals surface area contributed by atoms with Crippen LogP contribution in [0.15, 0.2) is 78.6 Å². The number of nitriles is 1. The van der Waals surface area contributed by atoms with E-state index >= 15 is 0 Å². The lowest BCUT2D eigenvalue weighted by Gasteiger charge is -2.30. The van der Waals surface area contributed by atoms with Gasteiger partial charge in [-0.25, -0.2) is 4.98 Å². The topological polar surface area (TPSA) is 124 Å². The third kappa shape index (κ3) is 7.58. The minimum atomic E-state index is -0.219. The highest BCUT2D eigenvalue weighted by molar-refractivity contribution is 6.10. The molecule has 45 heavy (non-hydrogen) atoms. The van der Waals surface area contributed by atoms with Gasteiger partial charge in [0.2, 0.25) is 11.8 Å². The van der Waals surface area contributed by atoms with Crippen LogP contribution in [0, 0.1) is 11.3 Å². The number of pyridine rings is 2. The molecule has 10 heteroatoms. The second kappa shape index (κ2) is 14.2. The third-order valence-corrected chi connectivity index (χ3v) is 8.15. The van der Waals surface area contributed by atoms with Crippen molar-refractivity contribution in [2.45, 2.75) is 38.4 Å². The Morgan fingerprint density at radius 2 is 1.84 bits per heavy atom. The molecule has 0 radical (unpaired) electrons. The number of hydrogen-bond acceptors (Lipinski definition) is 9. The molecule has 0 aliphatic carbocycles. The van der Waals surface area contributed by atoms with Gasteiger partial charge in [0.05, 0.1) is 28.7 Å². The van der Waals surface area contributed by atoms with Gasteiger partial charge in [0.15, 0.2) is 0 Å². The molecule has 2 aromatic heterocycles. The number of anilines is 3. The highest BCUT2D eigenvalue weighted by Crippen LogP contribution is 2.39. The summed E-state index contributed by atoms with van der Waals surface area (Å²) in [7, 11) is 2.11. The fourth-order valence-electron chi connectivity index (χ4n) is 5.62. The van der Waals surface area contributed by atoms with E-state index in [0.29, 0.717) is 51.8 Å². The van der Waals surface area contributed by atoms with Crippen molar-refractivity contribution in [1.82, 2.24) is 20.2 Å². The first-order valence-electron chi connectivity index (χ1n) is 15.4. The van der Waals surface area contributed by atoms with E-state index in [1.54, 1.807) is 18.3 Å². The zero-order valence-corrected chi connectivity index (χ0v) is 25.4. The summed E-state index contributed by atoms with van der Waals surface area (Å²) in [5, 5.41) is 20.4. The molecule has 10 nitrogen and oxygen atoms in total. The first-order valence-corrected chi connectivity index (χ1v) is 15.4. The molecule has 3 N–H and O–H groups in total. The molecule has 1 amide bonds. The maximum Gasteiger partial charge on any atom is 0.248 e. The fraction of sp³-hybridized carbons (Fsp3) is 0.314. The van der Waals surface area contributed by atoms with E-state index in [-0.39, 0.29) is 12.0 Å². The van der Waals surface area contributed by atoms with E-state index in [9.17, 15) is 10.1 Å². The zero-order valence-electron chi connectivity index (χ0n) is 25.4. The normalized spacial score (nSPS) is 15.7. The van der Waals surface area contributed by atoms with Gasteiger partial charge >= 0.3 is 0 Å². The second-order valence-corrected chi connectivity index (χ2v) is 11.4. The monoisotopic (exact) mass is 603 g/mol. The number of ether oxygens (including phenoxy) is 2. The highest BCUT2D eigenvalue weighted by atomic mass is 16.5. The lowest BCUT2D eigenvalue weighted by molar-refractivity contribution is -0.112. The first-order chi connectivity index (χ1) is 22.1. The number of fused-ring (bicyclic) bond motifs is 1. The molecule has 0 spiro atoms. The van der Waals surface area contributed by atoms with Crippen LogP contribution in [0.2, 0.25) is 0 Å². The Hall–Kier alpha value is -4.98. The Bertz CT molecular complexity index is 1700. The number of carbonyl (C=O) groups excluding carboxylic acids is 1. The van der Waals surface area contributed by atoms with Crippen LogP contribution >= 0.6 is 0 Å². The van der Waals surface area contributed by atoms with Crippen LogP contribution in [-0.4, -0.2) is 60.1 Å². The summed E-state index contributed by atoms with van der Waals surface area (Å²) in [5.74, 6) is 0.843. The molecular weight excluding hydrogens is 566 g/mol. The van der Waals surface area contributed by atoms with Crippen molar-refractivity contribution in [2.75, 3.05) is 43.9 Å². The number of carbonyl (C=O) groups is 1. The van der Waals surface area contributed by atoms with E-state index in [4.69, 9.17) is 9.47 Å². The van der Waals surface area contributed by atoms with Gasteiger partial charge in [-0.2, -0.15) is 5.26 Å². The van der Waals surface area contributed by atoms with Gasteiger partial charge in [-0.3, -0.25) is 9.78 Å². The Morgan fingerprint density at radius 1 is 1.04 bits per heavy atom.